The summed E-state index contributed by atoms with van der Waals surface area (Å²) in [6.07, 6.45) is 1.69. The molecule has 0 spiro atoms. The maximum absolute atomic E-state index is 10.2. The summed E-state index contributed by atoms with van der Waals surface area (Å²) in [6, 6.07) is 8.03. The van der Waals surface area contributed by atoms with Crippen LogP contribution in [-0.2, 0) is 0 Å². The average molecular weight is 355 g/mol. The number of aromatic amines is 1. The molecule has 26 heavy (non-hydrogen) atoms. The molecule has 2 aromatic heterocycles. The van der Waals surface area contributed by atoms with Crippen molar-refractivity contribution in [1.82, 2.24) is 15.0 Å². The summed E-state index contributed by atoms with van der Waals surface area (Å²) in [7, 11) is 1.63. The summed E-state index contributed by atoms with van der Waals surface area (Å²) in [5, 5.41) is 14.0. The van der Waals surface area contributed by atoms with Crippen LogP contribution in [0.3, 0.4) is 0 Å². The molecule has 7 heteroatoms. The lowest BCUT2D eigenvalue weighted by molar-refractivity contribution is 0.415. The van der Waals surface area contributed by atoms with Crippen molar-refractivity contribution in [1.29, 1.82) is 0 Å². The van der Waals surface area contributed by atoms with Crippen molar-refractivity contribution in [3.05, 3.63) is 30.5 Å². The van der Waals surface area contributed by atoms with Gasteiger partial charge in [-0.05, 0) is 52.0 Å². The van der Waals surface area contributed by atoms with Crippen molar-refractivity contribution < 1.29 is 9.84 Å². The third-order valence-corrected chi connectivity index (χ3v) is 4.20. The molecule has 0 aliphatic rings. The van der Waals surface area contributed by atoms with Gasteiger partial charge in [-0.2, -0.15) is 4.98 Å². The summed E-state index contributed by atoms with van der Waals surface area (Å²) >= 11 is 0. The van der Waals surface area contributed by atoms with Gasteiger partial charge in [0.1, 0.15) is 17.0 Å². The fourth-order valence-corrected chi connectivity index (χ4v) is 3.09. The van der Waals surface area contributed by atoms with E-state index < -0.39 is 0 Å². The highest BCUT2D eigenvalue weighted by Crippen LogP contribution is 2.33. The third kappa shape index (κ3) is 3.37. The van der Waals surface area contributed by atoms with Crippen LogP contribution in [0, 0.1) is 0 Å². The number of fused-ring (bicyclic) bond motifs is 1. The van der Waals surface area contributed by atoms with Crippen LogP contribution in [0.4, 0.5) is 17.5 Å². The van der Waals surface area contributed by atoms with Crippen LogP contribution >= 0.6 is 0 Å². The fraction of sp³-hybridized carbons (Fsp3) is 0.368. The summed E-state index contributed by atoms with van der Waals surface area (Å²) in [5.41, 5.74) is 1.51. The molecule has 0 atom stereocenters. The molecule has 3 rings (SSSR count). The maximum Gasteiger partial charge on any atom is 0.228 e. The van der Waals surface area contributed by atoms with Crippen molar-refractivity contribution in [2.24, 2.45) is 0 Å². The highest BCUT2D eigenvalue weighted by atomic mass is 16.5. The molecular weight excluding hydrogens is 330 g/mol. The van der Waals surface area contributed by atoms with Crippen LogP contribution in [0.15, 0.2) is 30.5 Å². The molecule has 0 saturated carbocycles. The molecule has 0 bridgehead atoms. The SMILES string of the molecule is COc1ccc(Nc2nc(N(C(C)C)C(C)C)nc3c[nH]c(O)c23)cc1. The Balaban J connectivity index is 2.08. The molecule has 1 aromatic carbocycles. The smallest absolute Gasteiger partial charge is 0.228 e. The van der Waals surface area contributed by atoms with E-state index in [1.807, 2.05) is 24.3 Å². The Morgan fingerprint density at radius 3 is 2.31 bits per heavy atom. The van der Waals surface area contributed by atoms with Crippen LogP contribution in [0.2, 0.25) is 0 Å². The van der Waals surface area contributed by atoms with Gasteiger partial charge in [0.15, 0.2) is 0 Å². The molecule has 0 radical (unpaired) electrons. The number of rotatable bonds is 6. The molecule has 0 fully saturated rings. The van der Waals surface area contributed by atoms with E-state index in [2.05, 4.69) is 47.9 Å². The predicted molar refractivity (Wildman–Crippen MR) is 105 cm³/mol. The van der Waals surface area contributed by atoms with Crippen molar-refractivity contribution >= 4 is 28.4 Å². The molecule has 3 aromatic rings. The number of nitrogens with one attached hydrogen (secondary N) is 2. The Bertz CT molecular complexity index is 879. The van der Waals surface area contributed by atoms with Crippen LogP contribution in [0.25, 0.3) is 10.9 Å². The Morgan fingerprint density at radius 1 is 1.08 bits per heavy atom. The number of H-pyrrole nitrogens is 1. The first kappa shape index (κ1) is 17.8. The molecule has 0 aliphatic heterocycles. The number of ether oxygens (including phenoxy) is 1. The lowest BCUT2D eigenvalue weighted by atomic mass is 10.2. The number of aromatic nitrogens is 3. The van der Waals surface area contributed by atoms with E-state index in [1.165, 1.54) is 0 Å². The van der Waals surface area contributed by atoms with E-state index in [0.29, 0.717) is 22.7 Å². The van der Waals surface area contributed by atoms with Gasteiger partial charge in [-0.15, -0.1) is 0 Å². The molecule has 0 saturated heterocycles. The highest BCUT2D eigenvalue weighted by Gasteiger charge is 2.21. The second kappa shape index (κ2) is 7.11. The van der Waals surface area contributed by atoms with Crippen LogP contribution in [-0.4, -0.2) is 39.3 Å². The normalized spacial score (nSPS) is 11.3. The second-order valence-corrected chi connectivity index (χ2v) is 6.72. The molecule has 138 valence electrons. The Labute approximate surface area is 153 Å². The number of nitrogens with zero attached hydrogens (tertiary/aromatic N) is 3. The maximum atomic E-state index is 10.2. The fourth-order valence-electron chi connectivity index (χ4n) is 3.09. The lowest BCUT2D eigenvalue weighted by Gasteiger charge is -2.31. The van der Waals surface area contributed by atoms with Gasteiger partial charge < -0.3 is 25.0 Å². The number of aromatic hydroxyl groups is 1. The number of hydrogen-bond donors (Lipinski definition) is 3. The molecule has 0 amide bonds. The standard InChI is InChI=1S/C19H25N5O2/c1-11(2)24(12(3)4)19-22-15-10-20-18(25)16(15)17(23-19)21-13-6-8-14(26-5)9-7-13/h6-12,20,25H,1-5H3,(H,21,22,23). The van der Waals surface area contributed by atoms with Gasteiger partial charge in [-0.3, -0.25) is 0 Å². The quantitative estimate of drug-likeness (QED) is 0.619. The minimum absolute atomic E-state index is 0.0446. The molecular formula is C19H25N5O2. The van der Waals surface area contributed by atoms with E-state index in [0.717, 1.165) is 11.4 Å². The molecule has 0 unspecified atom stereocenters. The lowest BCUT2D eigenvalue weighted by Crippen LogP contribution is -2.38. The summed E-state index contributed by atoms with van der Waals surface area (Å²) in [4.78, 5) is 14.3. The van der Waals surface area contributed by atoms with E-state index >= 15 is 0 Å². The van der Waals surface area contributed by atoms with Crippen LogP contribution in [0.5, 0.6) is 11.6 Å². The van der Waals surface area contributed by atoms with Gasteiger partial charge in [-0.25, -0.2) is 4.98 Å². The summed E-state index contributed by atoms with van der Waals surface area (Å²) < 4.78 is 5.19. The van der Waals surface area contributed by atoms with Crippen molar-refractivity contribution in [2.75, 3.05) is 17.3 Å². The van der Waals surface area contributed by atoms with E-state index in [4.69, 9.17) is 9.72 Å². The third-order valence-electron chi connectivity index (χ3n) is 4.20. The van der Waals surface area contributed by atoms with Crippen molar-refractivity contribution in [2.45, 2.75) is 39.8 Å². The van der Waals surface area contributed by atoms with E-state index in [9.17, 15) is 5.11 Å². The summed E-state index contributed by atoms with van der Waals surface area (Å²) in [5.74, 6) is 2.00. The topological polar surface area (TPSA) is 86.3 Å². The summed E-state index contributed by atoms with van der Waals surface area (Å²) in [6.45, 7) is 8.44. The number of anilines is 3. The highest BCUT2D eigenvalue weighted by molar-refractivity contribution is 5.96. The van der Waals surface area contributed by atoms with Gasteiger partial charge in [-0.1, -0.05) is 0 Å². The molecule has 7 nitrogen and oxygen atoms in total. The Hall–Kier alpha value is -2.96. The minimum Gasteiger partial charge on any atom is -0.497 e. The predicted octanol–water partition coefficient (Wildman–Crippen LogP) is 4.04. The van der Waals surface area contributed by atoms with E-state index in [-0.39, 0.29) is 18.0 Å². The number of hydrogen-bond acceptors (Lipinski definition) is 6. The first-order valence-corrected chi connectivity index (χ1v) is 8.68. The monoisotopic (exact) mass is 355 g/mol. The van der Waals surface area contributed by atoms with Crippen LogP contribution < -0.4 is 15.0 Å². The zero-order chi connectivity index (χ0) is 18.8. The van der Waals surface area contributed by atoms with Gasteiger partial charge in [0.05, 0.1) is 12.6 Å². The zero-order valence-corrected chi connectivity index (χ0v) is 15.7. The molecule has 0 aliphatic carbocycles. The number of methoxy groups -OCH3 is 1. The first-order chi connectivity index (χ1) is 12.4. The molecule has 3 N–H and O–H groups in total. The molecule has 2 heterocycles. The van der Waals surface area contributed by atoms with Crippen LogP contribution in [0.1, 0.15) is 27.7 Å². The minimum atomic E-state index is 0.0446. The second-order valence-electron chi connectivity index (χ2n) is 6.72. The average Bonchev–Trinajstić information content (AvgIpc) is 2.96. The van der Waals surface area contributed by atoms with Gasteiger partial charge in [0.25, 0.3) is 0 Å². The van der Waals surface area contributed by atoms with E-state index in [1.54, 1.807) is 13.3 Å². The Kier molecular flexibility index (Phi) is 4.88. The Morgan fingerprint density at radius 2 is 1.73 bits per heavy atom. The van der Waals surface area contributed by atoms with Crippen molar-refractivity contribution in [3.8, 4) is 11.6 Å². The van der Waals surface area contributed by atoms with Gasteiger partial charge in [0, 0.05) is 24.0 Å². The van der Waals surface area contributed by atoms with Gasteiger partial charge in [0.2, 0.25) is 11.8 Å². The zero-order valence-electron chi connectivity index (χ0n) is 15.7. The van der Waals surface area contributed by atoms with Crippen molar-refractivity contribution in [3.63, 3.8) is 0 Å². The first-order valence-electron chi connectivity index (χ1n) is 8.68. The number of benzene rings is 1. The largest absolute Gasteiger partial charge is 0.497 e. The van der Waals surface area contributed by atoms with Gasteiger partial charge >= 0.3 is 0 Å².